The lowest BCUT2D eigenvalue weighted by Gasteiger charge is -2.15. The van der Waals surface area contributed by atoms with E-state index in [1.807, 2.05) is 55.8 Å². The van der Waals surface area contributed by atoms with E-state index in [9.17, 15) is 4.79 Å². The molecule has 0 saturated carbocycles. The minimum Gasteiger partial charge on any atom is -0.344 e. The van der Waals surface area contributed by atoms with Gasteiger partial charge in [-0.3, -0.25) is 9.48 Å². The molecule has 0 aliphatic rings. The molecule has 1 heterocycles. The lowest BCUT2D eigenvalue weighted by molar-refractivity contribution is 0.0938. The van der Waals surface area contributed by atoms with Crippen molar-refractivity contribution in [2.24, 2.45) is 0 Å². The van der Waals surface area contributed by atoms with Crippen LogP contribution in [-0.2, 0) is 6.54 Å². The summed E-state index contributed by atoms with van der Waals surface area (Å²) in [6.45, 7) is 6.80. The molecular formula is C15H19N3O. The zero-order chi connectivity index (χ0) is 13.8. The highest BCUT2D eigenvalue weighted by Gasteiger charge is 2.14. The highest BCUT2D eigenvalue weighted by atomic mass is 16.1. The maximum absolute atomic E-state index is 12.1. The Morgan fingerprint density at radius 1 is 1.32 bits per heavy atom. The predicted octanol–water partition coefficient (Wildman–Crippen LogP) is 2.70. The Balaban J connectivity index is 2.08. The molecule has 0 aliphatic carbocycles. The molecule has 1 aromatic carbocycles. The first-order valence-corrected chi connectivity index (χ1v) is 6.51. The summed E-state index contributed by atoms with van der Waals surface area (Å²) < 4.78 is 1.89. The molecule has 4 nitrogen and oxygen atoms in total. The normalized spacial score (nSPS) is 12.2. The van der Waals surface area contributed by atoms with E-state index in [0.29, 0.717) is 5.56 Å². The molecular weight excluding hydrogens is 238 g/mol. The third-order valence-corrected chi connectivity index (χ3v) is 3.15. The molecule has 0 saturated heterocycles. The van der Waals surface area contributed by atoms with Crippen LogP contribution in [0.4, 0.5) is 0 Å². The molecule has 0 spiro atoms. The summed E-state index contributed by atoms with van der Waals surface area (Å²) in [6.07, 6.45) is 1.76. The van der Waals surface area contributed by atoms with E-state index in [1.54, 1.807) is 6.20 Å². The molecule has 0 fully saturated rings. The van der Waals surface area contributed by atoms with Crippen LogP contribution in [-0.4, -0.2) is 15.7 Å². The van der Waals surface area contributed by atoms with Gasteiger partial charge in [-0.15, -0.1) is 0 Å². The summed E-state index contributed by atoms with van der Waals surface area (Å²) in [5.41, 5.74) is 2.84. The van der Waals surface area contributed by atoms with Crippen molar-refractivity contribution in [1.82, 2.24) is 15.1 Å². The van der Waals surface area contributed by atoms with Crippen LogP contribution in [0, 0.1) is 6.92 Å². The van der Waals surface area contributed by atoms with Crippen molar-refractivity contribution < 1.29 is 4.79 Å². The highest BCUT2D eigenvalue weighted by molar-refractivity contribution is 5.94. The van der Waals surface area contributed by atoms with Crippen molar-refractivity contribution in [2.45, 2.75) is 33.4 Å². The van der Waals surface area contributed by atoms with Gasteiger partial charge in [0.2, 0.25) is 0 Å². The number of rotatable bonds is 4. The molecule has 0 radical (unpaired) electrons. The molecule has 100 valence electrons. The van der Waals surface area contributed by atoms with Gasteiger partial charge >= 0.3 is 0 Å². The second kappa shape index (κ2) is 5.69. The van der Waals surface area contributed by atoms with Crippen molar-refractivity contribution in [2.75, 3.05) is 0 Å². The fourth-order valence-corrected chi connectivity index (χ4v) is 2.03. The number of hydrogen-bond acceptors (Lipinski definition) is 2. The van der Waals surface area contributed by atoms with Crippen LogP contribution in [0.1, 0.15) is 41.5 Å². The summed E-state index contributed by atoms with van der Waals surface area (Å²) in [5, 5.41) is 7.21. The van der Waals surface area contributed by atoms with Crippen molar-refractivity contribution in [3.05, 3.63) is 53.3 Å². The Morgan fingerprint density at radius 2 is 2.00 bits per heavy atom. The monoisotopic (exact) mass is 257 g/mol. The summed E-state index contributed by atoms with van der Waals surface area (Å²) in [5.74, 6) is -0.0589. The van der Waals surface area contributed by atoms with Crippen LogP contribution in [0.2, 0.25) is 0 Å². The SMILES string of the molecule is CCn1nccc1C(C)NC(=O)c1ccc(C)cc1. The fourth-order valence-electron chi connectivity index (χ4n) is 2.03. The van der Waals surface area contributed by atoms with Gasteiger partial charge in [0.1, 0.15) is 0 Å². The van der Waals surface area contributed by atoms with E-state index < -0.39 is 0 Å². The molecule has 1 aromatic heterocycles. The molecule has 1 unspecified atom stereocenters. The zero-order valence-corrected chi connectivity index (χ0v) is 11.6. The molecule has 2 rings (SSSR count). The van der Waals surface area contributed by atoms with Crippen molar-refractivity contribution in [3.63, 3.8) is 0 Å². The van der Waals surface area contributed by atoms with E-state index in [2.05, 4.69) is 10.4 Å². The number of carbonyl (C=O) groups excluding carboxylic acids is 1. The first kappa shape index (κ1) is 13.3. The number of carbonyl (C=O) groups is 1. The van der Waals surface area contributed by atoms with Gasteiger partial charge in [0, 0.05) is 18.3 Å². The minimum absolute atomic E-state index is 0.0589. The second-order valence-corrected chi connectivity index (χ2v) is 4.63. The van der Waals surface area contributed by atoms with E-state index in [-0.39, 0.29) is 11.9 Å². The Kier molecular flexibility index (Phi) is 4.00. The van der Waals surface area contributed by atoms with E-state index in [1.165, 1.54) is 0 Å². The lowest BCUT2D eigenvalue weighted by Crippen LogP contribution is -2.28. The maximum Gasteiger partial charge on any atom is 0.251 e. The lowest BCUT2D eigenvalue weighted by atomic mass is 10.1. The van der Waals surface area contributed by atoms with Gasteiger partial charge in [-0.25, -0.2) is 0 Å². The standard InChI is InChI=1S/C15H19N3O/c1-4-18-14(9-10-16-18)12(3)17-15(19)13-7-5-11(2)6-8-13/h5-10,12H,4H2,1-3H3,(H,17,19). The molecule has 4 heteroatoms. The number of aryl methyl sites for hydroxylation is 2. The first-order valence-electron chi connectivity index (χ1n) is 6.51. The summed E-state index contributed by atoms with van der Waals surface area (Å²) in [7, 11) is 0. The number of amides is 1. The van der Waals surface area contributed by atoms with Crippen LogP contribution < -0.4 is 5.32 Å². The molecule has 1 atom stereocenters. The van der Waals surface area contributed by atoms with E-state index in [0.717, 1.165) is 17.8 Å². The number of aromatic nitrogens is 2. The van der Waals surface area contributed by atoms with Crippen molar-refractivity contribution in [1.29, 1.82) is 0 Å². The van der Waals surface area contributed by atoms with Gasteiger partial charge in [0.15, 0.2) is 0 Å². The molecule has 0 aliphatic heterocycles. The highest BCUT2D eigenvalue weighted by Crippen LogP contribution is 2.13. The number of benzene rings is 1. The summed E-state index contributed by atoms with van der Waals surface area (Å²) in [6, 6.07) is 9.44. The van der Waals surface area contributed by atoms with Crippen LogP contribution in [0.15, 0.2) is 36.5 Å². The first-order chi connectivity index (χ1) is 9.11. The van der Waals surface area contributed by atoms with E-state index in [4.69, 9.17) is 0 Å². The predicted molar refractivity (Wildman–Crippen MR) is 75.0 cm³/mol. The molecule has 1 N–H and O–H groups in total. The third kappa shape index (κ3) is 3.02. The maximum atomic E-state index is 12.1. The Labute approximate surface area is 113 Å². The van der Waals surface area contributed by atoms with Crippen LogP contribution >= 0.6 is 0 Å². The number of hydrogen-bond donors (Lipinski definition) is 1. The van der Waals surface area contributed by atoms with Gasteiger partial charge in [-0.2, -0.15) is 5.10 Å². The molecule has 19 heavy (non-hydrogen) atoms. The van der Waals surface area contributed by atoms with E-state index >= 15 is 0 Å². The van der Waals surface area contributed by atoms with Gasteiger partial charge < -0.3 is 5.32 Å². The molecule has 1 amide bonds. The zero-order valence-electron chi connectivity index (χ0n) is 11.6. The largest absolute Gasteiger partial charge is 0.344 e. The number of nitrogens with zero attached hydrogens (tertiary/aromatic N) is 2. The Morgan fingerprint density at radius 3 is 2.63 bits per heavy atom. The second-order valence-electron chi connectivity index (χ2n) is 4.63. The van der Waals surface area contributed by atoms with Gasteiger partial charge in [-0.1, -0.05) is 17.7 Å². The summed E-state index contributed by atoms with van der Waals surface area (Å²) in [4.78, 5) is 12.1. The van der Waals surface area contributed by atoms with Gasteiger partial charge in [-0.05, 0) is 39.0 Å². The minimum atomic E-state index is -0.0590. The third-order valence-electron chi connectivity index (χ3n) is 3.15. The average molecular weight is 257 g/mol. The van der Waals surface area contributed by atoms with Crippen LogP contribution in [0.5, 0.6) is 0 Å². The van der Waals surface area contributed by atoms with Gasteiger partial charge in [0.05, 0.1) is 11.7 Å². The van der Waals surface area contributed by atoms with Crippen molar-refractivity contribution in [3.8, 4) is 0 Å². The molecule has 2 aromatic rings. The quantitative estimate of drug-likeness (QED) is 0.915. The Hall–Kier alpha value is -2.10. The van der Waals surface area contributed by atoms with Gasteiger partial charge in [0.25, 0.3) is 5.91 Å². The van der Waals surface area contributed by atoms with Crippen LogP contribution in [0.25, 0.3) is 0 Å². The fraction of sp³-hybridized carbons (Fsp3) is 0.333. The Bertz CT molecular complexity index is 557. The smallest absolute Gasteiger partial charge is 0.251 e. The molecule has 0 bridgehead atoms. The summed E-state index contributed by atoms with van der Waals surface area (Å²) >= 11 is 0. The van der Waals surface area contributed by atoms with Crippen molar-refractivity contribution >= 4 is 5.91 Å². The average Bonchev–Trinajstić information content (AvgIpc) is 2.87. The van der Waals surface area contributed by atoms with Crippen LogP contribution in [0.3, 0.4) is 0 Å². The topological polar surface area (TPSA) is 46.9 Å². The number of nitrogens with one attached hydrogen (secondary N) is 1.